The lowest BCUT2D eigenvalue weighted by Gasteiger charge is -2.04. The number of hydrogen-bond donors (Lipinski definition) is 0. The van der Waals surface area contributed by atoms with Crippen molar-refractivity contribution in [3.8, 4) is 0 Å². The second kappa shape index (κ2) is 41.2. The number of ether oxygens (including phenoxy) is 6. The molecule has 0 fully saturated rings. The summed E-state index contributed by atoms with van der Waals surface area (Å²) in [5.74, 6) is 0. The first-order chi connectivity index (χ1) is 13.2. The molecule has 0 aliphatic carbocycles. The lowest BCUT2D eigenvalue weighted by atomic mass is 10.5. The first kappa shape index (κ1) is 35.2. The molecule has 0 rings (SSSR count). The predicted molar refractivity (Wildman–Crippen MR) is 120 cm³/mol. The smallest absolute Gasteiger partial charge is 0.0701 e. The van der Waals surface area contributed by atoms with Crippen LogP contribution in [0.15, 0.2) is 0 Å². The Balaban J connectivity index is -0.000000160. The summed E-state index contributed by atoms with van der Waals surface area (Å²) in [7, 11) is 0. The SMILES string of the molecule is C.CCCOCC.CCCOCCOCC.CCCOCCOCCOCC. The molecule has 0 aromatic rings. The Labute approximate surface area is 176 Å². The van der Waals surface area contributed by atoms with Gasteiger partial charge in [-0.2, -0.15) is 0 Å². The van der Waals surface area contributed by atoms with Gasteiger partial charge in [-0.15, -0.1) is 0 Å². The zero-order chi connectivity index (χ0) is 20.8. The van der Waals surface area contributed by atoms with Crippen LogP contribution in [0.2, 0.25) is 0 Å². The number of rotatable bonds is 18. The number of hydrogen-bond acceptors (Lipinski definition) is 6. The molecular weight excluding hydrogens is 360 g/mol. The first-order valence-electron chi connectivity index (χ1n) is 10.7. The van der Waals surface area contributed by atoms with Gasteiger partial charge in [0, 0.05) is 39.6 Å². The summed E-state index contributed by atoms with van der Waals surface area (Å²) in [5.41, 5.74) is 0. The van der Waals surface area contributed by atoms with Crippen LogP contribution in [0.5, 0.6) is 0 Å². The van der Waals surface area contributed by atoms with E-state index >= 15 is 0 Å². The van der Waals surface area contributed by atoms with Crippen molar-refractivity contribution in [1.82, 2.24) is 0 Å². The average molecular weight is 413 g/mol. The molecule has 0 aliphatic heterocycles. The van der Waals surface area contributed by atoms with Crippen LogP contribution in [0.3, 0.4) is 0 Å². The van der Waals surface area contributed by atoms with Crippen molar-refractivity contribution in [2.45, 2.75) is 68.2 Å². The Hall–Kier alpha value is -0.240. The molecule has 0 bridgehead atoms. The molecule has 0 saturated carbocycles. The third-order valence-corrected chi connectivity index (χ3v) is 2.77. The minimum absolute atomic E-state index is 0. The molecule has 6 nitrogen and oxygen atoms in total. The molecule has 0 spiro atoms. The van der Waals surface area contributed by atoms with Gasteiger partial charge >= 0.3 is 0 Å². The van der Waals surface area contributed by atoms with Crippen LogP contribution in [0.25, 0.3) is 0 Å². The maximum atomic E-state index is 5.23. The van der Waals surface area contributed by atoms with Gasteiger partial charge in [0.1, 0.15) is 0 Å². The summed E-state index contributed by atoms with van der Waals surface area (Å²) in [6, 6.07) is 0. The van der Waals surface area contributed by atoms with E-state index in [1.165, 1.54) is 0 Å². The van der Waals surface area contributed by atoms with Crippen molar-refractivity contribution in [3.63, 3.8) is 0 Å². The van der Waals surface area contributed by atoms with Gasteiger partial charge in [-0.1, -0.05) is 28.2 Å². The van der Waals surface area contributed by atoms with Gasteiger partial charge in [0.15, 0.2) is 0 Å². The summed E-state index contributed by atoms with van der Waals surface area (Å²) >= 11 is 0. The minimum atomic E-state index is 0. The highest BCUT2D eigenvalue weighted by Crippen LogP contribution is 1.83. The van der Waals surface area contributed by atoms with Crippen molar-refractivity contribution >= 4 is 0 Å². The van der Waals surface area contributed by atoms with Crippen LogP contribution in [0.1, 0.15) is 68.2 Å². The lowest BCUT2D eigenvalue weighted by Crippen LogP contribution is -2.09. The molecule has 28 heavy (non-hydrogen) atoms. The van der Waals surface area contributed by atoms with Gasteiger partial charge < -0.3 is 28.4 Å². The third-order valence-electron chi connectivity index (χ3n) is 2.77. The lowest BCUT2D eigenvalue weighted by molar-refractivity contribution is 0.0171. The van der Waals surface area contributed by atoms with Crippen molar-refractivity contribution in [2.24, 2.45) is 0 Å². The fourth-order valence-electron chi connectivity index (χ4n) is 1.53. The summed E-state index contributed by atoms with van der Waals surface area (Å²) in [6.45, 7) is 21.5. The Kier molecular flexibility index (Phi) is 51.8. The van der Waals surface area contributed by atoms with Crippen LogP contribution in [0.4, 0.5) is 0 Å². The van der Waals surface area contributed by atoms with E-state index in [9.17, 15) is 0 Å². The van der Waals surface area contributed by atoms with Crippen LogP contribution in [0, 0.1) is 0 Å². The van der Waals surface area contributed by atoms with E-state index in [-0.39, 0.29) is 7.43 Å². The van der Waals surface area contributed by atoms with Crippen molar-refractivity contribution in [1.29, 1.82) is 0 Å². The van der Waals surface area contributed by atoms with Crippen molar-refractivity contribution < 1.29 is 28.4 Å². The fourth-order valence-corrected chi connectivity index (χ4v) is 1.53. The van der Waals surface area contributed by atoms with Crippen molar-refractivity contribution in [3.05, 3.63) is 0 Å². The zero-order valence-electron chi connectivity index (χ0n) is 19.1. The molecule has 0 radical (unpaired) electrons. The molecule has 0 aromatic heterocycles. The van der Waals surface area contributed by atoms with E-state index in [1.807, 2.05) is 20.8 Å². The van der Waals surface area contributed by atoms with E-state index in [0.29, 0.717) is 26.4 Å². The van der Waals surface area contributed by atoms with Crippen molar-refractivity contribution in [2.75, 3.05) is 79.3 Å². The topological polar surface area (TPSA) is 55.4 Å². The standard InChI is InChI=1S/C9H20O3.C7H16O2.C5H12O.CH4/c1-3-5-11-8-9-12-7-6-10-4-2;1-3-5-9-7-6-8-4-2;1-3-5-6-4-2;/h3-9H2,1-2H3;3-7H2,1-2H3;3-5H2,1-2H3;1H4. The van der Waals surface area contributed by atoms with Gasteiger partial charge in [-0.05, 0) is 40.0 Å². The van der Waals surface area contributed by atoms with Crippen LogP contribution in [-0.2, 0) is 28.4 Å². The Morgan fingerprint density at radius 2 is 0.536 bits per heavy atom. The van der Waals surface area contributed by atoms with Crippen LogP contribution in [-0.4, -0.2) is 79.3 Å². The molecule has 0 aliphatic rings. The van der Waals surface area contributed by atoms with E-state index in [1.54, 1.807) is 0 Å². The van der Waals surface area contributed by atoms with Crippen LogP contribution < -0.4 is 0 Å². The first-order valence-corrected chi connectivity index (χ1v) is 10.7. The largest absolute Gasteiger partial charge is 0.382 e. The Bertz CT molecular complexity index is 185. The zero-order valence-corrected chi connectivity index (χ0v) is 19.1. The normalized spacial score (nSPS) is 9.64. The van der Waals surface area contributed by atoms with E-state index < -0.39 is 0 Å². The highest BCUT2D eigenvalue weighted by molar-refractivity contribution is 4.32. The maximum absolute atomic E-state index is 5.23. The molecule has 0 amide bonds. The Morgan fingerprint density at radius 3 is 0.786 bits per heavy atom. The predicted octanol–water partition coefficient (Wildman–Crippen LogP) is 4.98. The summed E-state index contributed by atoms with van der Waals surface area (Å²) in [5, 5.41) is 0. The molecule has 6 heteroatoms. The van der Waals surface area contributed by atoms with E-state index in [0.717, 1.165) is 72.1 Å². The van der Waals surface area contributed by atoms with Gasteiger partial charge in [0.2, 0.25) is 0 Å². The van der Waals surface area contributed by atoms with E-state index in [4.69, 9.17) is 28.4 Å². The molecule has 0 saturated heterocycles. The summed E-state index contributed by atoms with van der Waals surface area (Å²) < 4.78 is 30.7. The quantitative estimate of drug-likeness (QED) is 0.296. The second-order valence-electron chi connectivity index (χ2n) is 5.43. The van der Waals surface area contributed by atoms with Gasteiger partial charge in [-0.3, -0.25) is 0 Å². The Morgan fingerprint density at radius 1 is 0.321 bits per heavy atom. The van der Waals surface area contributed by atoms with Crippen LogP contribution >= 0.6 is 0 Å². The fraction of sp³-hybridized carbons (Fsp3) is 1.00. The molecule has 0 atom stereocenters. The van der Waals surface area contributed by atoms with Gasteiger partial charge in [0.25, 0.3) is 0 Å². The van der Waals surface area contributed by atoms with E-state index in [2.05, 4.69) is 20.8 Å². The highest BCUT2D eigenvalue weighted by Gasteiger charge is 1.88. The third kappa shape index (κ3) is 50.1. The minimum Gasteiger partial charge on any atom is -0.382 e. The molecule has 0 aromatic carbocycles. The second-order valence-corrected chi connectivity index (χ2v) is 5.43. The maximum Gasteiger partial charge on any atom is 0.0701 e. The molecule has 0 heterocycles. The van der Waals surface area contributed by atoms with Gasteiger partial charge in [-0.25, -0.2) is 0 Å². The molecular formula is C22H52O6. The summed E-state index contributed by atoms with van der Waals surface area (Å²) in [4.78, 5) is 0. The monoisotopic (exact) mass is 412 g/mol. The highest BCUT2D eigenvalue weighted by atomic mass is 16.5. The molecule has 0 N–H and O–H groups in total. The van der Waals surface area contributed by atoms with Gasteiger partial charge in [0.05, 0.1) is 39.6 Å². The average Bonchev–Trinajstić information content (AvgIpc) is 2.69. The molecule has 176 valence electrons. The summed E-state index contributed by atoms with van der Waals surface area (Å²) in [6.07, 6.45) is 3.29. The molecule has 0 unspecified atom stereocenters.